The molecule has 1 aliphatic rings. The lowest BCUT2D eigenvalue weighted by atomic mass is 9.73. The normalized spacial score (nSPS) is 17.9. The first kappa shape index (κ1) is 15.8. The van der Waals surface area contributed by atoms with Crippen molar-refractivity contribution < 1.29 is 4.79 Å². The lowest BCUT2D eigenvalue weighted by molar-refractivity contribution is -0.144. The van der Waals surface area contributed by atoms with E-state index in [4.69, 9.17) is 17.3 Å². The molecule has 20 heavy (non-hydrogen) atoms. The van der Waals surface area contributed by atoms with Crippen molar-refractivity contribution in [1.29, 1.82) is 0 Å². The second-order valence-electron chi connectivity index (χ2n) is 5.57. The number of halogens is 1. The molecule has 0 atom stereocenters. The van der Waals surface area contributed by atoms with Crippen LogP contribution in [-0.2, 0) is 11.3 Å². The average molecular weight is 315 g/mol. The zero-order chi connectivity index (χ0) is 14.6. The van der Waals surface area contributed by atoms with Gasteiger partial charge in [0.15, 0.2) is 0 Å². The molecular weight excluding hydrogens is 292 g/mol. The Kier molecular flexibility index (Phi) is 5.47. The molecule has 0 aliphatic heterocycles. The molecule has 1 aromatic heterocycles. The second-order valence-corrected chi connectivity index (χ2v) is 7.37. The van der Waals surface area contributed by atoms with E-state index < -0.39 is 0 Å². The maximum absolute atomic E-state index is 12.9. The molecule has 1 heterocycles. The highest BCUT2D eigenvalue weighted by atomic mass is 35.5. The number of hydrogen-bond acceptors (Lipinski definition) is 3. The summed E-state index contributed by atoms with van der Waals surface area (Å²) in [6.07, 6.45) is 5.33. The summed E-state index contributed by atoms with van der Waals surface area (Å²) in [5.41, 5.74) is 5.64. The Morgan fingerprint density at radius 2 is 2.10 bits per heavy atom. The van der Waals surface area contributed by atoms with Gasteiger partial charge >= 0.3 is 0 Å². The van der Waals surface area contributed by atoms with E-state index in [0.717, 1.165) is 41.4 Å². The Morgan fingerprint density at radius 3 is 2.60 bits per heavy atom. The van der Waals surface area contributed by atoms with Gasteiger partial charge in [0.05, 0.1) is 16.3 Å². The Hall–Kier alpha value is -0.580. The standard InChI is InChI=1S/C15H23ClN2OS/c1-2-18(10-12-6-7-13(16)20-12)14(19)15(11-17)8-4-3-5-9-15/h6-7H,2-5,8-11,17H2,1H3. The van der Waals surface area contributed by atoms with Crippen molar-refractivity contribution in [3.63, 3.8) is 0 Å². The molecule has 0 spiro atoms. The van der Waals surface area contributed by atoms with Gasteiger partial charge in [0.2, 0.25) is 5.91 Å². The summed E-state index contributed by atoms with van der Waals surface area (Å²) in [6, 6.07) is 3.89. The van der Waals surface area contributed by atoms with Crippen molar-refractivity contribution in [3.8, 4) is 0 Å². The molecule has 1 saturated carbocycles. The number of amides is 1. The van der Waals surface area contributed by atoms with E-state index in [1.54, 1.807) is 11.3 Å². The van der Waals surface area contributed by atoms with Gasteiger partial charge in [-0.25, -0.2) is 0 Å². The first-order valence-corrected chi connectivity index (χ1v) is 8.54. The van der Waals surface area contributed by atoms with Crippen LogP contribution in [0.25, 0.3) is 0 Å². The summed E-state index contributed by atoms with van der Waals surface area (Å²) >= 11 is 7.51. The summed E-state index contributed by atoms with van der Waals surface area (Å²) in [6.45, 7) is 3.86. The van der Waals surface area contributed by atoms with Gasteiger partial charge < -0.3 is 10.6 Å². The van der Waals surface area contributed by atoms with E-state index in [2.05, 4.69) is 0 Å². The van der Waals surface area contributed by atoms with Gasteiger partial charge in [-0.2, -0.15) is 0 Å². The van der Waals surface area contributed by atoms with Gasteiger partial charge in [-0.05, 0) is 31.9 Å². The first-order valence-electron chi connectivity index (χ1n) is 7.35. The fourth-order valence-electron chi connectivity index (χ4n) is 3.02. The summed E-state index contributed by atoms with van der Waals surface area (Å²) in [5, 5.41) is 0. The Balaban J connectivity index is 2.11. The molecule has 0 radical (unpaired) electrons. The van der Waals surface area contributed by atoms with Crippen LogP contribution < -0.4 is 5.73 Å². The van der Waals surface area contributed by atoms with Crippen LogP contribution in [-0.4, -0.2) is 23.9 Å². The summed E-state index contributed by atoms with van der Waals surface area (Å²) in [7, 11) is 0. The average Bonchev–Trinajstić information content (AvgIpc) is 2.90. The summed E-state index contributed by atoms with van der Waals surface area (Å²) in [4.78, 5) is 16.0. The van der Waals surface area contributed by atoms with E-state index in [1.165, 1.54) is 6.42 Å². The highest BCUT2D eigenvalue weighted by Crippen LogP contribution is 2.37. The van der Waals surface area contributed by atoms with E-state index in [0.29, 0.717) is 13.1 Å². The van der Waals surface area contributed by atoms with Crippen molar-refractivity contribution in [2.24, 2.45) is 11.1 Å². The zero-order valence-corrected chi connectivity index (χ0v) is 13.6. The number of thiophene rings is 1. The predicted octanol–water partition coefficient (Wildman–Crippen LogP) is 3.66. The minimum absolute atomic E-state index is 0.228. The fraction of sp³-hybridized carbons (Fsp3) is 0.667. The Labute approximate surface area is 130 Å². The van der Waals surface area contributed by atoms with Crippen LogP contribution in [0, 0.1) is 5.41 Å². The molecule has 0 aromatic carbocycles. The number of nitrogens with zero attached hydrogens (tertiary/aromatic N) is 1. The summed E-state index contributed by atoms with van der Waals surface area (Å²) in [5.74, 6) is 0.228. The van der Waals surface area contributed by atoms with Crippen LogP contribution >= 0.6 is 22.9 Å². The van der Waals surface area contributed by atoms with Crippen molar-refractivity contribution in [2.45, 2.75) is 45.6 Å². The van der Waals surface area contributed by atoms with Gasteiger partial charge in [-0.1, -0.05) is 30.9 Å². The lowest BCUT2D eigenvalue weighted by Gasteiger charge is -2.38. The quantitative estimate of drug-likeness (QED) is 0.901. The number of carbonyl (C=O) groups is 1. The van der Waals surface area contributed by atoms with Crippen molar-refractivity contribution >= 4 is 28.8 Å². The van der Waals surface area contributed by atoms with E-state index in [-0.39, 0.29) is 11.3 Å². The number of carbonyl (C=O) groups excluding carboxylic acids is 1. The van der Waals surface area contributed by atoms with Crippen LogP contribution in [0.2, 0.25) is 4.34 Å². The third-order valence-corrected chi connectivity index (χ3v) is 5.52. The highest BCUT2D eigenvalue weighted by Gasteiger charge is 2.40. The molecule has 1 amide bonds. The summed E-state index contributed by atoms with van der Waals surface area (Å²) < 4.78 is 0.773. The van der Waals surface area contributed by atoms with Gasteiger partial charge in [0.25, 0.3) is 0 Å². The van der Waals surface area contributed by atoms with E-state index >= 15 is 0 Å². The van der Waals surface area contributed by atoms with Crippen molar-refractivity contribution in [1.82, 2.24) is 4.90 Å². The van der Waals surface area contributed by atoms with Crippen LogP contribution in [0.5, 0.6) is 0 Å². The van der Waals surface area contributed by atoms with Crippen LogP contribution in [0.15, 0.2) is 12.1 Å². The molecule has 112 valence electrons. The molecule has 1 aromatic rings. The van der Waals surface area contributed by atoms with E-state index in [9.17, 15) is 4.79 Å². The SMILES string of the molecule is CCN(Cc1ccc(Cl)s1)C(=O)C1(CN)CCCCC1. The zero-order valence-electron chi connectivity index (χ0n) is 12.0. The molecule has 2 N–H and O–H groups in total. The third-order valence-electron chi connectivity index (χ3n) is 4.30. The number of hydrogen-bond donors (Lipinski definition) is 1. The third kappa shape index (κ3) is 3.35. The van der Waals surface area contributed by atoms with Crippen LogP contribution in [0.3, 0.4) is 0 Å². The Morgan fingerprint density at radius 1 is 1.40 bits per heavy atom. The van der Waals surface area contributed by atoms with Gasteiger partial charge in [0.1, 0.15) is 0 Å². The lowest BCUT2D eigenvalue weighted by Crippen LogP contribution is -2.48. The molecule has 2 rings (SSSR count). The molecule has 0 bridgehead atoms. The largest absolute Gasteiger partial charge is 0.337 e. The van der Waals surface area contributed by atoms with Gasteiger partial charge in [-0.3, -0.25) is 4.79 Å². The van der Waals surface area contributed by atoms with Crippen molar-refractivity contribution in [2.75, 3.05) is 13.1 Å². The minimum Gasteiger partial charge on any atom is -0.337 e. The van der Waals surface area contributed by atoms with Gasteiger partial charge in [-0.15, -0.1) is 11.3 Å². The maximum atomic E-state index is 12.9. The van der Waals surface area contributed by atoms with Gasteiger partial charge in [0, 0.05) is 18.0 Å². The number of nitrogens with two attached hydrogens (primary N) is 1. The van der Waals surface area contributed by atoms with Crippen LogP contribution in [0.1, 0.15) is 43.9 Å². The molecule has 0 saturated heterocycles. The molecule has 1 fully saturated rings. The predicted molar refractivity (Wildman–Crippen MR) is 85.0 cm³/mol. The first-order chi connectivity index (χ1) is 9.61. The smallest absolute Gasteiger partial charge is 0.230 e. The molecule has 1 aliphatic carbocycles. The molecule has 0 unspecified atom stereocenters. The van der Waals surface area contributed by atoms with Crippen LogP contribution in [0.4, 0.5) is 0 Å². The fourth-order valence-corrected chi connectivity index (χ4v) is 4.12. The van der Waals surface area contributed by atoms with Crippen molar-refractivity contribution in [3.05, 3.63) is 21.3 Å². The monoisotopic (exact) mass is 314 g/mol. The second kappa shape index (κ2) is 6.92. The molecule has 3 nitrogen and oxygen atoms in total. The topological polar surface area (TPSA) is 46.3 Å². The molecule has 5 heteroatoms. The minimum atomic E-state index is -0.324. The number of rotatable bonds is 5. The Bertz CT molecular complexity index is 454. The highest BCUT2D eigenvalue weighted by molar-refractivity contribution is 7.16. The maximum Gasteiger partial charge on any atom is 0.230 e. The molecular formula is C15H23ClN2OS. The van der Waals surface area contributed by atoms with E-state index in [1.807, 2.05) is 24.0 Å².